The molecule has 1 heterocycles. The Kier molecular flexibility index (Phi) is 2.41. The van der Waals surface area contributed by atoms with Crippen LogP contribution in [0, 0.1) is 0 Å². The lowest BCUT2D eigenvalue weighted by Gasteiger charge is -1.99. The lowest BCUT2D eigenvalue weighted by molar-refractivity contribution is 0.112. The fourth-order valence-corrected chi connectivity index (χ4v) is 1.19. The van der Waals surface area contributed by atoms with Gasteiger partial charge >= 0.3 is 0 Å². The van der Waals surface area contributed by atoms with Crippen molar-refractivity contribution in [1.82, 2.24) is 9.97 Å². The van der Waals surface area contributed by atoms with Crippen LogP contribution in [0.1, 0.15) is 10.4 Å². The molecule has 0 saturated carbocycles. The van der Waals surface area contributed by atoms with E-state index < -0.39 is 0 Å². The van der Waals surface area contributed by atoms with E-state index >= 15 is 0 Å². The summed E-state index contributed by atoms with van der Waals surface area (Å²) in [7, 11) is 0. The molecule has 0 atom stereocenters. The molecule has 2 rings (SSSR count). The predicted molar refractivity (Wildman–Crippen MR) is 54.5 cm³/mol. The lowest BCUT2D eigenvalue weighted by atomic mass is 10.2. The van der Waals surface area contributed by atoms with Gasteiger partial charge in [0.05, 0.1) is 5.56 Å². The number of aldehydes is 1. The maximum Gasteiger partial charge on any atom is 0.159 e. The number of rotatable bonds is 2. The second-order valence-corrected chi connectivity index (χ2v) is 3.01. The predicted octanol–water partition coefficient (Wildman–Crippen LogP) is 1.66. The van der Waals surface area contributed by atoms with Gasteiger partial charge in [0.2, 0.25) is 0 Å². The summed E-state index contributed by atoms with van der Waals surface area (Å²) in [5.41, 5.74) is 1.14. The third-order valence-corrected chi connectivity index (χ3v) is 1.91. The summed E-state index contributed by atoms with van der Waals surface area (Å²) < 4.78 is 0. The molecule has 0 saturated heterocycles. The van der Waals surface area contributed by atoms with E-state index in [0.29, 0.717) is 23.2 Å². The van der Waals surface area contributed by atoms with Gasteiger partial charge in [-0.1, -0.05) is 12.1 Å². The Hall–Kier alpha value is -2.23. The van der Waals surface area contributed by atoms with E-state index in [1.807, 2.05) is 0 Å². The van der Waals surface area contributed by atoms with Gasteiger partial charge in [-0.2, -0.15) is 0 Å². The number of aromatic hydroxyl groups is 1. The Labute approximate surface area is 86.2 Å². The molecule has 2 aromatic rings. The maximum atomic E-state index is 10.4. The van der Waals surface area contributed by atoms with Gasteiger partial charge < -0.3 is 5.11 Å². The number of hydrogen-bond donors (Lipinski definition) is 1. The molecule has 0 fully saturated rings. The fraction of sp³-hybridized carbons (Fsp3) is 0. The molecule has 0 aliphatic rings. The van der Waals surface area contributed by atoms with Crippen molar-refractivity contribution < 1.29 is 9.90 Å². The number of phenolic OH excluding ortho intramolecular Hbond substituents is 1. The summed E-state index contributed by atoms with van der Waals surface area (Å²) in [4.78, 5) is 18.4. The van der Waals surface area contributed by atoms with Crippen molar-refractivity contribution in [3.8, 4) is 17.1 Å². The second-order valence-electron chi connectivity index (χ2n) is 3.01. The van der Waals surface area contributed by atoms with Gasteiger partial charge in [-0.3, -0.25) is 4.79 Å². The van der Waals surface area contributed by atoms with Gasteiger partial charge in [0, 0.05) is 18.0 Å². The number of benzene rings is 1. The van der Waals surface area contributed by atoms with Crippen LogP contribution >= 0.6 is 0 Å². The number of hydrogen-bond acceptors (Lipinski definition) is 4. The van der Waals surface area contributed by atoms with Crippen molar-refractivity contribution in [2.45, 2.75) is 0 Å². The van der Waals surface area contributed by atoms with Crippen LogP contribution in [0.5, 0.6) is 5.75 Å². The van der Waals surface area contributed by atoms with Crippen LogP contribution in [0.4, 0.5) is 0 Å². The van der Waals surface area contributed by atoms with E-state index in [1.165, 1.54) is 12.4 Å². The monoisotopic (exact) mass is 200 g/mol. The molecule has 0 unspecified atom stereocenters. The van der Waals surface area contributed by atoms with Crippen LogP contribution in [-0.2, 0) is 0 Å². The van der Waals surface area contributed by atoms with E-state index in [-0.39, 0.29) is 5.75 Å². The highest BCUT2D eigenvalue weighted by Gasteiger charge is 2.01. The highest BCUT2D eigenvalue weighted by Crippen LogP contribution is 2.19. The highest BCUT2D eigenvalue weighted by molar-refractivity contribution is 5.73. The number of carbonyl (C=O) groups excluding carboxylic acids is 1. The van der Waals surface area contributed by atoms with Gasteiger partial charge in [0.1, 0.15) is 5.75 Å². The van der Waals surface area contributed by atoms with Crippen molar-refractivity contribution in [3.05, 3.63) is 42.2 Å². The third kappa shape index (κ3) is 1.99. The summed E-state index contributed by atoms with van der Waals surface area (Å²) in [6, 6.07) is 6.64. The van der Waals surface area contributed by atoms with E-state index in [0.717, 1.165) is 0 Å². The topological polar surface area (TPSA) is 63.1 Å². The largest absolute Gasteiger partial charge is 0.508 e. The molecule has 1 aromatic heterocycles. The van der Waals surface area contributed by atoms with Gasteiger partial charge in [-0.05, 0) is 12.1 Å². The van der Waals surface area contributed by atoms with Crippen LogP contribution < -0.4 is 0 Å². The normalized spacial score (nSPS) is 9.87. The molecule has 4 heteroatoms. The van der Waals surface area contributed by atoms with Gasteiger partial charge in [-0.15, -0.1) is 0 Å². The zero-order chi connectivity index (χ0) is 10.7. The summed E-state index contributed by atoms with van der Waals surface area (Å²) >= 11 is 0. The molecule has 74 valence electrons. The Morgan fingerprint density at radius 2 is 1.93 bits per heavy atom. The van der Waals surface area contributed by atoms with Crippen molar-refractivity contribution in [2.24, 2.45) is 0 Å². The molecule has 15 heavy (non-hydrogen) atoms. The summed E-state index contributed by atoms with van der Waals surface area (Å²) in [6.07, 6.45) is 3.57. The molecule has 1 aromatic carbocycles. The van der Waals surface area contributed by atoms with Crippen molar-refractivity contribution in [3.63, 3.8) is 0 Å². The Morgan fingerprint density at radius 3 is 2.53 bits per heavy atom. The van der Waals surface area contributed by atoms with E-state index in [4.69, 9.17) is 0 Å². The van der Waals surface area contributed by atoms with Crippen LogP contribution in [-0.4, -0.2) is 21.4 Å². The molecule has 4 nitrogen and oxygen atoms in total. The van der Waals surface area contributed by atoms with E-state index in [1.54, 1.807) is 24.3 Å². The first-order valence-corrected chi connectivity index (χ1v) is 4.36. The highest BCUT2D eigenvalue weighted by atomic mass is 16.3. The Bertz CT molecular complexity index is 480. The van der Waals surface area contributed by atoms with Gasteiger partial charge in [0.25, 0.3) is 0 Å². The van der Waals surface area contributed by atoms with Crippen LogP contribution in [0.15, 0.2) is 36.7 Å². The molecule has 0 amide bonds. The second kappa shape index (κ2) is 3.88. The third-order valence-electron chi connectivity index (χ3n) is 1.91. The molecule has 0 radical (unpaired) electrons. The number of aromatic nitrogens is 2. The summed E-state index contributed by atoms with van der Waals surface area (Å²) in [5, 5.41) is 9.26. The number of phenols is 1. The molecular formula is C11H8N2O2. The minimum absolute atomic E-state index is 0.163. The Balaban J connectivity index is 2.41. The molecule has 0 spiro atoms. The maximum absolute atomic E-state index is 10.4. The fourth-order valence-electron chi connectivity index (χ4n) is 1.19. The van der Waals surface area contributed by atoms with Crippen molar-refractivity contribution in [2.75, 3.05) is 0 Å². The zero-order valence-corrected chi connectivity index (χ0v) is 7.79. The first-order chi connectivity index (χ1) is 7.29. The summed E-state index contributed by atoms with van der Waals surface area (Å²) in [6.45, 7) is 0. The molecular weight excluding hydrogens is 192 g/mol. The lowest BCUT2D eigenvalue weighted by Crippen LogP contribution is -1.90. The van der Waals surface area contributed by atoms with Crippen molar-refractivity contribution in [1.29, 1.82) is 0 Å². The van der Waals surface area contributed by atoms with Gasteiger partial charge in [0.15, 0.2) is 12.1 Å². The molecule has 0 bridgehead atoms. The minimum Gasteiger partial charge on any atom is -0.508 e. The average Bonchev–Trinajstić information content (AvgIpc) is 2.29. The van der Waals surface area contributed by atoms with E-state index in [9.17, 15) is 9.90 Å². The molecule has 1 N–H and O–H groups in total. The summed E-state index contributed by atoms with van der Waals surface area (Å²) in [5.74, 6) is 0.645. The first kappa shape index (κ1) is 9.33. The molecule has 0 aliphatic carbocycles. The quantitative estimate of drug-likeness (QED) is 0.749. The van der Waals surface area contributed by atoms with E-state index in [2.05, 4.69) is 9.97 Å². The minimum atomic E-state index is 0.163. The molecule has 0 aliphatic heterocycles. The van der Waals surface area contributed by atoms with Gasteiger partial charge in [-0.25, -0.2) is 9.97 Å². The smallest absolute Gasteiger partial charge is 0.159 e. The Morgan fingerprint density at radius 1 is 1.20 bits per heavy atom. The SMILES string of the molecule is O=Cc1cnc(-c2cccc(O)c2)nc1. The van der Waals surface area contributed by atoms with Crippen LogP contribution in [0.25, 0.3) is 11.4 Å². The number of carbonyl (C=O) groups is 1. The first-order valence-electron chi connectivity index (χ1n) is 4.36. The standard InChI is InChI=1S/C11H8N2O2/c14-7-8-5-12-11(13-6-8)9-2-1-3-10(15)4-9/h1-7,15H. The number of nitrogens with zero attached hydrogens (tertiary/aromatic N) is 2. The van der Waals surface area contributed by atoms with Crippen LogP contribution in [0.3, 0.4) is 0 Å². The van der Waals surface area contributed by atoms with Crippen LogP contribution in [0.2, 0.25) is 0 Å². The van der Waals surface area contributed by atoms with Crippen molar-refractivity contribution >= 4 is 6.29 Å². The average molecular weight is 200 g/mol. The zero-order valence-electron chi connectivity index (χ0n) is 7.79.